The van der Waals surface area contributed by atoms with Crippen LogP contribution in [0, 0.1) is 0 Å². The maximum Gasteiger partial charge on any atom is 0.0639 e. The van der Waals surface area contributed by atoms with Crippen LogP contribution in [-0.4, -0.2) is 33.5 Å². The van der Waals surface area contributed by atoms with Gasteiger partial charge in [-0.1, -0.05) is 32.0 Å². The van der Waals surface area contributed by atoms with Crippen molar-refractivity contribution in [3.05, 3.63) is 29.3 Å². The second-order valence-corrected chi connectivity index (χ2v) is 4.54. The van der Waals surface area contributed by atoms with E-state index in [2.05, 4.69) is 37.4 Å². The number of anilines is 1. The van der Waals surface area contributed by atoms with Crippen molar-refractivity contribution in [1.82, 2.24) is 0 Å². The first-order chi connectivity index (χ1) is 9.33. The summed E-state index contributed by atoms with van der Waals surface area (Å²) in [6, 6.07) is 6.53. The van der Waals surface area contributed by atoms with Crippen LogP contribution in [0.25, 0.3) is 0 Å². The van der Waals surface area contributed by atoms with Crippen LogP contribution in [0.1, 0.15) is 31.4 Å². The number of hydrogen-bond donors (Lipinski definition) is 1. The molecule has 0 aliphatic carbocycles. The van der Waals surface area contributed by atoms with Gasteiger partial charge in [0, 0.05) is 32.6 Å². The van der Waals surface area contributed by atoms with Gasteiger partial charge in [0.25, 0.3) is 0 Å². The minimum atomic E-state index is 0.741. The second-order valence-electron chi connectivity index (χ2n) is 4.54. The Balaban J connectivity index is 2.35. The van der Waals surface area contributed by atoms with Crippen molar-refractivity contribution in [2.45, 2.75) is 33.1 Å². The van der Waals surface area contributed by atoms with Crippen molar-refractivity contribution in [1.29, 1.82) is 0 Å². The van der Waals surface area contributed by atoms with Crippen LogP contribution in [0.5, 0.6) is 0 Å². The third-order valence-corrected chi connectivity index (χ3v) is 3.18. The maximum absolute atomic E-state index is 5.56. The Morgan fingerprint density at radius 2 is 1.68 bits per heavy atom. The van der Waals surface area contributed by atoms with Gasteiger partial charge in [-0.05, 0) is 30.4 Å². The molecule has 0 bridgehead atoms. The van der Waals surface area contributed by atoms with Gasteiger partial charge in [0.1, 0.15) is 0 Å². The lowest BCUT2D eigenvalue weighted by Crippen LogP contribution is -2.13. The average Bonchev–Trinajstić information content (AvgIpc) is 2.46. The first kappa shape index (κ1) is 16.0. The van der Waals surface area contributed by atoms with Crippen molar-refractivity contribution < 1.29 is 9.47 Å². The lowest BCUT2D eigenvalue weighted by atomic mass is 10.0. The van der Waals surface area contributed by atoms with Crippen LogP contribution in [-0.2, 0) is 22.3 Å². The van der Waals surface area contributed by atoms with Crippen molar-refractivity contribution >= 4 is 5.69 Å². The molecule has 1 aromatic rings. The largest absolute Gasteiger partial charge is 0.385 e. The third-order valence-electron chi connectivity index (χ3n) is 3.18. The summed E-state index contributed by atoms with van der Waals surface area (Å²) in [5.41, 5.74) is 4.07. The van der Waals surface area contributed by atoms with Gasteiger partial charge in [-0.15, -0.1) is 0 Å². The standard InChI is InChI=1S/C16H27NO2/c1-4-14-8-6-9-15(5-2)16(14)17-10-13-19-12-7-11-18-3/h6,8-9,17H,4-5,7,10-13H2,1-3H3. The SMILES string of the molecule is CCc1cccc(CC)c1NCCOCCCOC. The van der Waals surface area contributed by atoms with E-state index in [4.69, 9.17) is 9.47 Å². The molecule has 0 radical (unpaired) electrons. The Morgan fingerprint density at radius 1 is 1.00 bits per heavy atom. The van der Waals surface area contributed by atoms with Gasteiger partial charge < -0.3 is 14.8 Å². The highest BCUT2D eigenvalue weighted by Gasteiger charge is 2.04. The molecule has 0 aliphatic rings. The highest BCUT2D eigenvalue weighted by Crippen LogP contribution is 2.22. The third kappa shape index (κ3) is 5.62. The predicted molar refractivity (Wildman–Crippen MR) is 81.0 cm³/mol. The Kier molecular flexibility index (Phi) is 8.26. The zero-order valence-corrected chi connectivity index (χ0v) is 12.5. The molecule has 3 nitrogen and oxygen atoms in total. The van der Waals surface area contributed by atoms with E-state index in [1.54, 1.807) is 7.11 Å². The zero-order chi connectivity index (χ0) is 13.9. The highest BCUT2D eigenvalue weighted by atomic mass is 16.5. The molecule has 0 saturated heterocycles. The van der Waals surface area contributed by atoms with E-state index >= 15 is 0 Å². The molecule has 1 N–H and O–H groups in total. The molecule has 3 heteroatoms. The number of hydrogen-bond acceptors (Lipinski definition) is 3. The van der Waals surface area contributed by atoms with Crippen molar-refractivity contribution in [2.24, 2.45) is 0 Å². The Morgan fingerprint density at radius 3 is 2.26 bits per heavy atom. The van der Waals surface area contributed by atoms with Gasteiger partial charge in [0.15, 0.2) is 0 Å². The van der Waals surface area contributed by atoms with Gasteiger partial charge in [-0.25, -0.2) is 0 Å². The van der Waals surface area contributed by atoms with E-state index in [9.17, 15) is 0 Å². The Bertz CT molecular complexity index is 330. The fourth-order valence-electron chi connectivity index (χ4n) is 2.13. The molecule has 0 aliphatic heterocycles. The van der Waals surface area contributed by atoms with Crippen LogP contribution in [0.3, 0.4) is 0 Å². The van der Waals surface area contributed by atoms with Crippen LogP contribution >= 0.6 is 0 Å². The number of rotatable bonds is 10. The number of methoxy groups -OCH3 is 1. The monoisotopic (exact) mass is 265 g/mol. The molecule has 1 rings (SSSR count). The average molecular weight is 265 g/mol. The molecule has 0 aromatic heterocycles. The van der Waals surface area contributed by atoms with Gasteiger partial charge in [0.05, 0.1) is 6.61 Å². The number of aryl methyl sites for hydroxylation is 2. The molecule has 19 heavy (non-hydrogen) atoms. The number of benzene rings is 1. The number of para-hydroxylation sites is 1. The molecular weight excluding hydrogens is 238 g/mol. The van der Waals surface area contributed by atoms with Crippen molar-refractivity contribution in [3.8, 4) is 0 Å². The molecule has 1 aromatic carbocycles. The normalized spacial score (nSPS) is 10.7. The zero-order valence-electron chi connectivity index (χ0n) is 12.5. The molecule has 0 amide bonds. The minimum absolute atomic E-state index is 0.741. The number of nitrogens with one attached hydrogen (secondary N) is 1. The van der Waals surface area contributed by atoms with Crippen LogP contribution < -0.4 is 5.32 Å². The lowest BCUT2D eigenvalue weighted by molar-refractivity contribution is 0.109. The van der Waals surface area contributed by atoms with Crippen molar-refractivity contribution in [2.75, 3.05) is 38.8 Å². The quantitative estimate of drug-likeness (QED) is 0.659. The van der Waals surface area contributed by atoms with E-state index in [1.165, 1.54) is 16.8 Å². The molecule has 0 atom stereocenters. The van der Waals surface area contributed by atoms with Gasteiger partial charge >= 0.3 is 0 Å². The molecule has 0 saturated carbocycles. The molecule has 0 heterocycles. The number of ether oxygens (including phenoxy) is 2. The molecule has 108 valence electrons. The fraction of sp³-hybridized carbons (Fsp3) is 0.625. The summed E-state index contributed by atoms with van der Waals surface area (Å²) in [5, 5.41) is 3.52. The Hall–Kier alpha value is -1.06. The summed E-state index contributed by atoms with van der Waals surface area (Å²) in [6.07, 6.45) is 3.08. The fourth-order valence-corrected chi connectivity index (χ4v) is 2.13. The molecular formula is C16H27NO2. The molecule has 0 unspecified atom stereocenters. The summed E-state index contributed by atoms with van der Waals surface area (Å²) < 4.78 is 10.5. The van der Waals surface area contributed by atoms with E-state index in [0.29, 0.717) is 0 Å². The smallest absolute Gasteiger partial charge is 0.0639 e. The Labute approximate surface area is 117 Å². The van der Waals surface area contributed by atoms with Gasteiger partial charge in [-0.3, -0.25) is 0 Å². The summed E-state index contributed by atoms with van der Waals surface area (Å²) in [7, 11) is 1.72. The summed E-state index contributed by atoms with van der Waals surface area (Å²) in [5.74, 6) is 0. The van der Waals surface area contributed by atoms with E-state index in [1.807, 2.05) is 0 Å². The van der Waals surface area contributed by atoms with Crippen LogP contribution in [0.2, 0.25) is 0 Å². The minimum Gasteiger partial charge on any atom is -0.385 e. The van der Waals surface area contributed by atoms with E-state index in [-0.39, 0.29) is 0 Å². The first-order valence-electron chi connectivity index (χ1n) is 7.24. The molecule has 0 spiro atoms. The summed E-state index contributed by atoms with van der Waals surface area (Å²) in [4.78, 5) is 0. The molecule has 0 fully saturated rings. The van der Waals surface area contributed by atoms with E-state index < -0.39 is 0 Å². The van der Waals surface area contributed by atoms with Crippen molar-refractivity contribution in [3.63, 3.8) is 0 Å². The van der Waals surface area contributed by atoms with Gasteiger partial charge in [0.2, 0.25) is 0 Å². The topological polar surface area (TPSA) is 30.5 Å². The van der Waals surface area contributed by atoms with E-state index in [0.717, 1.165) is 45.6 Å². The van der Waals surface area contributed by atoms with Crippen LogP contribution in [0.4, 0.5) is 5.69 Å². The maximum atomic E-state index is 5.56. The highest BCUT2D eigenvalue weighted by molar-refractivity contribution is 5.57. The van der Waals surface area contributed by atoms with Crippen LogP contribution in [0.15, 0.2) is 18.2 Å². The van der Waals surface area contributed by atoms with Gasteiger partial charge in [-0.2, -0.15) is 0 Å². The summed E-state index contributed by atoms with van der Waals surface area (Å²) >= 11 is 0. The lowest BCUT2D eigenvalue weighted by Gasteiger charge is -2.15. The first-order valence-corrected chi connectivity index (χ1v) is 7.24. The summed E-state index contributed by atoms with van der Waals surface area (Å²) in [6.45, 7) is 7.53. The predicted octanol–water partition coefficient (Wildman–Crippen LogP) is 3.28. The second kappa shape index (κ2) is 9.82.